The van der Waals surface area contributed by atoms with E-state index in [1.807, 2.05) is 9.58 Å². The molecule has 1 aliphatic carbocycles. The predicted octanol–water partition coefficient (Wildman–Crippen LogP) is 0.921. The second-order valence-electron chi connectivity index (χ2n) is 6.30. The van der Waals surface area contributed by atoms with Crippen LogP contribution in [0, 0.1) is 0 Å². The number of amides is 1. The van der Waals surface area contributed by atoms with Gasteiger partial charge >= 0.3 is 0 Å². The summed E-state index contributed by atoms with van der Waals surface area (Å²) in [4.78, 5) is 17.0. The van der Waals surface area contributed by atoms with Gasteiger partial charge in [-0.05, 0) is 19.3 Å². The SMILES string of the molecule is CCCn1ncc(C(=O)N2CCN(CCO)CC2)c1C1CC1. The third kappa shape index (κ3) is 3.17. The Hall–Kier alpha value is -1.40. The number of β-amino-alcohol motifs (C(OH)–C–C–N with tert-alkyl or cyclic N) is 1. The summed E-state index contributed by atoms with van der Waals surface area (Å²) in [6, 6.07) is 0. The number of aromatic nitrogens is 2. The standard InChI is InChI=1S/C16H26N4O2/c1-2-5-20-15(13-3-4-13)14(12-17-20)16(22)19-8-6-18(7-9-19)10-11-21/h12-13,21H,2-11H2,1H3. The van der Waals surface area contributed by atoms with E-state index in [1.165, 1.54) is 12.8 Å². The van der Waals surface area contributed by atoms with Crippen LogP contribution in [0.5, 0.6) is 0 Å². The summed E-state index contributed by atoms with van der Waals surface area (Å²) >= 11 is 0. The molecule has 6 nitrogen and oxygen atoms in total. The van der Waals surface area contributed by atoms with Gasteiger partial charge in [0.1, 0.15) is 0 Å². The lowest BCUT2D eigenvalue weighted by Gasteiger charge is -2.34. The Morgan fingerprint density at radius 3 is 2.59 bits per heavy atom. The maximum absolute atomic E-state index is 12.8. The Balaban J connectivity index is 1.70. The van der Waals surface area contributed by atoms with E-state index in [2.05, 4.69) is 16.9 Å². The summed E-state index contributed by atoms with van der Waals surface area (Å²) in [5, 5.41) is 13.4. The smallest absolute Gasteiger partial charge is 0.257 e. The van der Waals surface area contributed by atoms with Gasteiger partial charge in [-0.1, -0.05) is 6.92 Å². The summed E-state index contributed by atoms with van der Waals surface area (Å²) in [6.45, 7) is 7.07. The number of piperazine rings is 1. The van der Waals surface area contributed by atoms with Crippen molar-refractivity contribution in [3.05, 3.63) is 17.5 Å². The monoisotopic (exact) mass is 306 g/mol. The van der Waals surface area contributed by atoms with Crippen molar-refractivity contribution in [2.45, 2.75) is 38.6 Å². The molecule has 0 bridgehead atoms. The Bertz CT molecular complexity index is 516. The van der Waals surface area contributed by atoms with Crippen molar-refractivity contribution in [3.63, 3.8) is 0 Å². The zero-order valence-electron chi connectivity index (χ0n) is 13.4. The summed E-state index contributed by atoms with van der Waals surface area (Å²) in [6.07, 6.45) is 5.17. The van der Waals surface area contributed by atoms with E-state index >= 15 is 0 Å². The van der Waals surface area contributed by atoms with Crippen LogP contribution in [-0.4, -0.2) is 69.9 Å². The number of hydrogen-bond donors (Lipinski definition) is 1. The molecule has 0 aromatic carbocycles. The zero-order valence-corrected chi connectivity index (χ0v) is 13.4. The van der Waals surface area contributed by atoms with E-state index in [-0.39, 0.29) is 12.5 Å². The molecule has 0 unspecified atom stereocenters. The lowest BCUT2D eigenvalue weighted by atomic mass is 10.1. The average molecular weight is 306 g/mol. The van der Waals surface area contributed by atoms with E-state index in [0.29, 0.717) is 12.5 Å². The number of aryl methyl sites for hydroxylation is 1. The molecule has 1 aromatic heterocycles. The maximum atomic E-state index is 12.8. The number of aliphatic hydroxyl groups is 1. The van der Waals surface area contributed by atoms with Crippen molar-refractivity contribution in [3.8, 4) is 0 Å². The Morgan fingerprint density at radius 2 is 2.00 bits per heavy atom. The highest BCUT2D eigenvalue weighted by molar-refractivity contribution is 5.95. The number of rotatable bonds is 6. The summed E-state index contributed by atoms with van der Waals surface area (Å²) in [7, 11) is 0. The van der Waals surface area contributed by atoms with E-state index in [4.69, 9.17) is 5.11 Å². The van der Waals surface area contributed by atoms with Crippen LogP contribution in [0.3, 0.4) is 0 Å². The van der Waals surface area contributed by atoms with Crippen LogP contribution in [0.15, 0.2) is 6.20 Å². The van der Waals surface area contributed by atoms with Gasteiger partial charge in [0.25, 0.3) is 5.91 Å². The molecule has 1 saturated heterocycles. The highest BCUT2D eigenvalue weighted by atomic mass is 16.3. The van der Waals surface area contributed by atoms with E-state index in [9.17, 15) is 4.79 Å². The first-order chi connectivity index (χ1) is 10.7. The minimum absolute atomic E-state index is 0.132. The van der Waals surface area contributed by atoms with Crippen LogP contribution in [0.25, 0.3) is 0 Å². The van der Waals surface area contributed by atoms with Crippen molar-refractivity contribution in [1.29, 1.82) is 0 Å². The van der Waals surface area contributed by atoms with Crippen LogP contribution in [0.2, 0.25) is 0 Å². The summed E-state index contributed by atoms with van der Waals surface area (Å²) < 4.78 is 2.03. The lowest BCUT2D eigenvalue weighted by Crippen LogP contribution is -2.49. The number of nitrogens with zero attached hydrogens (tertiary/aromatic N) is 4. The highest BCUT2D eigenvalue weighted by Crippen LogP contribution is 2.42. The summed E-state index contributed by atoms with van der Waals surface area (Å²) in [5.41, 5.74) is 1.97. The molecule has 122 valence electrons. The number of carbonyl (C=O) groups is 1. The fourth-order valence-corrected chi connectivity index (χ4v) is 3.22. The highest BCUT2D eigenvalue weighted by Gasteiger charge is 2.34. The second-order valence-corrected chi connectivity index (χ2v) is 6.30. The number of carbonyl (C=O) groups excluding carboxylic acids is 1. The first kappa shape index (κ1) is 15.5. The number of hydrogen-bond acceptors (Lipinski definition) is 4. The first-order valence-corrected chi connectivity index (χ1v) is 8.42. The first-order valence-electron chi connectivity index (χ1n) is 8.42. The second kappa shape index (κ2) is 6.79. The third-order valence-corrected chi connectivity index (χ3v) is 4.59. The van der Waals surface area contributed by atoms with Crippen molar-refractivity contribution in [1.82, 2.24) is 19.6 Å². The minimum Gasteiger partial charge on any atom is -0.395 e. The van der Waals surface area contributed by atoms with Gasteiger partial charge < -0.3 is 10.0 Å². The van der Waals surface area contributed by atoms with Crippen molar-refractivity contribution >= 4 is 5.91 Å². The van der Waals surface area contributed by atoms with Crippen LogP contribution < -0.4 is 0 Å². The molecular formula is C16H26N4O2. The third-order valence-electron chi connectivity index (χ3n) is 4.59. The zero-order chi connectivity index (χ0) is 15.5. The molecular weight excluding hydrogens is 280 g/mol. The average Bonchev–Trinajstić information content (AvgIpc) is 3.29. The van der Waals surface area contributed by atoms with Gasteiger partial charge in [-0.3, -0.25) is 14.4 Å². The quantitative estimate of drug-likeness (QED) is 0.849. The molecule has 0 spiro atoms. The van der Waals surface area contributed by atoms with Gasteiger partial charge in [-0.15, -0.1) is 0 Å². The molecule has 6 heteroatoms. The van der Waals surface area contributed by atoms with E-state index in [0.717, 1.165) is 50.4 Å². The van der Waals surface area contributed by atoms with Gasteiger partial charge in [0.15, 0.2) is 0 Å². The molecule has 2 fully saturated rings. The van der Waals surface area contributed by atoms with Crippen LogP contribution in [0.4, 0.5) is 0 Å². The van der Waals surface area contributed by atoms with Gasteiger partial charge in [0, 0.05) is 45.2 Å². The topological polar surface area (TPSA) is 61.6 Å². The van der Waals surface area contributed by atoms with Crippen molar-refractivity contribution in [2.75, 3.05) is 39.3 Å². The molecule has 22 heavy (non-hydrogen) atoms. The molecule has 2 heterocycles. The largest absolute Gasteiger partial charge is 0.395 e. The maximum Gasteiger partial charge on any atom is 0.257 e. The molecule has 0 radical (unpaired) electrons. The molecule has 0 atom stereocenters. The molecule has 1 N–H and O–H groups in total. The minimum atomic E-state index is 0.132. The lowest BCUT2D eigenvalue weighted by molar-refractivity contribution is 0.0613. The van der Waals surface area contributed by atoms with Crippen LogP contribution in [-0.2, 0) is 6.54 Å². The van der Waals surface area contributed by atoms with E-state index < -0.39 is 0 Å². The molecule has 1 aromatic rings. The molecule has 2 aliphatic rings. The molecule has 1 aliphatic heterocycles. The van der Waals surface area contributed by atoms with Crippen molar-refractivity contribution < 1.29 is 9.90 Å². The molecule has 3 rings (SSSR count). The van der Waals surface area contributed by atoms with Crippen molar-refractivity contribution in [2.24, 2.45) is 0 Å². The fraction of sp³-hybridized carbons (Fsp3) is 0.750. The Labute approximate surface area is 131 Å². The molecule has 1 amide bonds. The van der Waals surface area contributed by atoms with Crippen LogP contribution in [0.1, 0.15) is 48.2 Å². The Kier molecular flexibility index (Phi) is 4.78. The van der Waals surface area contributed by atoms with Gasteiger partial charge in [-0.2, -0.15) is 5.10 Å². The van der Waals surface area contributed by atoms with Crippen LogP contribution >= 0.6 is 0 Å². The normalized spacial score (nSPS) is 19.6. The van der Waals surface area contributed by atoms with Gasteiger partial charge in [-0.25, -0.2) is 0 Å². The van der Waals surface area contributed by atoms with Gasteiger partial charge in [0.05, 0.1) is 24.1 Å². The molecule has 1 saturated carbocycles. The fourth-order valence-electron chi connectivity index (χ4n) is 3.22. The number of aliphatic hydroxyl groups excluding tert-OH is 1. The Morgan fingerprint density at radius 1 is 1.27 bits per heavy atom. The van der Waals surface area contributed by atoms with Gasteiger partial charge in [0.2, 0.25) is 0 Å². The predicted molar refractivity (Wildman–Crippen MR) is 83.9 cm³/mol. The summed E-state index contributed by atoms with van der Waals surface area (Å²) in [5.74, 6) is 0.663. The van der Waals surface area contributed by atoms with E-state index in [1.54, 1.807) is 6.20 Å².